The summed E-state index contributed by atoms with van der Waals surface area (Å²) in [5.74, 6) is 0.861. The number of hydrogen-bond acceptors (Lipinski definition) is 2. The third kappa shape index (κ3) is 3.21. The summed E-state index contributed by atoms with van der Waals surface area (Å²) in [4.78, 5) is 0. The fraction of sp³-hybridized carbons (Fsp3) is 0.105. The molecule has 0 N–H and O–H groups in total. The minimum atomic E-state index is 0.447. The molecule has 0 aliphatic rings. The van der Waals surface area contributed by atoms with Crippen molar-refractivity contribution in [2.75, 3.05) is 0 Å². The molecule has 0 aromatic heterocycles. The molecule has 0 atom stereocenters. The lowest BCUT2D eigenvalue weighted by molar-refractivity contribution is 0.306. The first-order valence-corrected chi connectivity index (χ1v) is 6.91. The van der Waals surface area contributed by atoms with Crippen LogP contribution in [0.2, 0.25) is 0 Å². The Morgan fingerprint density at radius 1 is 0.810 bits per heavy atom. The zero-order valence-corrected chi connectivity index (χ0v) is 11.6. The van der Waals surface area contributed by atoms with Crippen LogP contribution in [0.15, 0.2) is 66.7 Å². The number of fused-ring (bicyclic) bond motifs is 1. The van der Waals surface area contributed by atoms with Crippen molar-refractivity contribution in [1.29, 1.82) is 5.26 Å². The van der Waals surface area contributed by atoms with E-state index >= 15 is 0 Å². The third-order valence-electron chi connectivity index (χ3n) is 3.41. The molecule has 2 heteroatoms. The molecule has 0 amide bonds. The van der Waals surface area contributed by atoms with Crippen LogP contribution in [0, 0.1) is 11.3 Å². The van der Waals surface area contributed by atoms with Crippen molar-refractivity contribution in [3.63, 3.8) is 0 Å². The van der Waals surface area contributed by atoms with Gasteiger partial charge in [-0.15, -0.1) is 0 Å². The van der Waals surface area contributed by atoms with Crippen LogP contribution in [0.1, 0.15) is 11.1 Å². The van der Waals surface area contributed by atoms with Crippen LogP contribution < -0.4 is 4.74 Å². The fourth-order valence-electron chi connectivity index (χ4n) is 2.31. The van der Waals surface area contributed by atoms with Crippen molar-refractivity contribution >= 4 is 10.8 Å². The van der Waals surface area contributed by atoms with Crippen LogP contribution in [0.4, 0.5) is 0 Å². The van der Waals surface area contributed by atoms with Crippen molar-refractivity contribution in [3.05, 3.63) is 77.9 Å². The Morgan fingerprint density at radius 2 is 1.57 bits per heavy atom. The van der Waals surface area contributed by atoms with Gasteiger partial charge in [-0.2, -0.15) is 5.26 Å². The minimum Gasteiger partial charge on any atom is -0.489 e. The van der Waals surface area contributed by atoms with Gasteiger partial charge in [0, 0.05) is 0 Å². The molecule has 3 aromatic carbocycles. The molecule has 21 heavy (non-hydrogen) atoms. The molecule has 0 unspecified atom stereocenters. The molecule has 0 saturated heterocycles. The van der Waals surface area contributed by atoms with Crippen LogP contribution >= 0.6 is 0 Å². The summed E-state index contributed by atoms with van der Waals surface area (Å²) in [7, 11) is 0. The van der Waals surface area contributed by atoms with Crippen LogP contribution in [-0.4, -0.2) is 0 Å². The normalized spacial score (nSPS) is 10.2. The number of nitrogens with zero attached hydrogens (tertiary/aromatic N) is 1. The quantitative estimate of drug-likeness (QED) is 0.702. The van der Waals surface area contributed by atoms with Gasteiger partial charge in [0.2, 0.25) is 0 Å². The monoisotopic (exact) mass is 273 g/mol. The standard InChI is InChI=1S/C19H15NO/c20-11-10-15-6-7-18-13-19(9-8-17(18)12-15)21-14-16-4-2-1-3-5-16/h1-9,12-13H,10,14H2. The average molecular weight is 273 g/mol. The minimum absolute atomic E-state index is 0.447. The zero-order chi connectivity index (χ0) is 14.5. The molecule has 3 aromatic rings. The van der Waals surface area contributed by atoms with E-state index < -0.39 is 0 Å². The molecular formula is C19H15NO. The molecule has 0 heterocycles. The first-order chi connectivity index (χ1) is 10.3. The van der Waals surface area contributed by atoms with E-state index in [9.17, 15) is 0 Å². The number of benzene rings is 3. The van der Waals surface area contributed by atoms with Gasteiger partial charge in [-0.25, -0.2) is 0 Å². The van der Waals surface area contributed by atoms with Crippen molar-refractivity contribution in [2.45, 2.75) is 13.0 Å². The van der Waals surface area contributed by atoms with E-state index in [4.69, 9.17) is 10.00 Å². The Kier molecular flexibility index (Phi) is 3.84. The molecule has 3 rings (SSSR count). The van der Waals surface area contributed by atoms with E-state index in [-0.39, 0.29) is 0 Å². The summed E-state index contributed by atoms with van der Waals surface area (Å²) >= 11 is 0. The second-order valence-electron chi connectivity index (χ2n) is 4.95. The van der Waals surface area contributed by atoms with Crippen LogP contribution in [0.25, 0.3) is 10.8 Å². The second kappa shape index (κ2) is 6.11. The third-order valence-corrected chi connectivity index (χ3v) is 3.41. The lowest BCUT2D eigenvalue weighted by Crippen LogP contribution is -1.94. The van der Waals surface area contributed by atoms with Gasteiger partial charge in [0.15, 0.2) is 0 Å². The maximum absolute atomic E-state index is 8.74. The molecule has 102 valence electrons. The van der Waals surface area contributed by atoms with Crippen LogP contribution in [0.5, 0.6) is 5.75 Å². The van der Waals surface area contributed by atoms with Gasteiger partial charge < -0.3 is 4.74 Å². The van der Waals surface area contributed by atoms with Gasteiger partial charge in [0.05, 0.1) is 12.5 Å². The Labute approximate surface area is 124 Å². The lowest BCUT2D eigenvalue weighted by atomic mass is 10.1. The number of ether oxygens (including phenoxy) is 1. The van der Waals surface area contributed by atoms with Crippen molar-refractivity contribution in [2.24, 2.45) is 0 Å². The maximum Gasteiger partial charge on any atom is 0.120 e. The molecule has 0 bridgehead atoms. The van der Waals surface area contributed by atoms with E-state index in [0.717, 1.165) is 27.6 Å². The largest absolute Gasteiger partial charge is 0.489 e. The molecule has 0 spiro atoms. The first-order valence-electron chi connectivity index (χ1n) is 6.91. The number of hydrogen-bond donors (Lipinski definition) is 0. The molecular weight excluding hydrogens is 258 g/mol. The molecule has 0 radical (unpaired) electrons. The number of nitriles is 1. The van der Waals surface area contributed by atoms with Gasteiger partial charge in [-0.3, -0.25) is 0 Å². The highest BCUT2D eigenvalue weighted by molar-refractivity contribution is 5.84. The van der Waals surface area contributed by atoms with Crippen molar-refractivity contribution in [1.82, 2.24) is 0 Å². The van der Waals surface area contributed by atoms with Gasteiger partial charge >= 0.3 is 0 Å². The Bertz CT molecular complexity index is 788. The Morgan fingerprint density at radius 3 is 2.38 bits per heavy atom. The highest BCUT2D eigenvalue weighted by atomic mass is 16.5. The maximum atomic E-state index is 8.74. The molecule has 0 aliphatic heterocycles. The summed E-state index contributed by atoms with van der Waals surface area (Å²) in [6.45, 7) is 0.568. The Hall–Kier alpha value is -2.79. The topological polar surface area (TPSA) is 33.0 Å². The zero-order valence-electron chi connectivity index (χ0n) is 11.6. The molecule has 0 saturated carbocycles. The van der Waals surface area contributed by atoms with Crippen molar-refractivity contribution < 1.29 is 4.74 Å². The summed E-state index contributed by atoms with van der Waals surface area (Å²) in [5.41, 5.74) is 2.20. The summed E-state index contributed by atoms with van der Waals surface area (Å²) in [6.07, 6.45) is 0.447. The van der Waals surface area contributed by atoms with Gasteiger partial charge in [-0.05, 0) is 34.0 Å². The number of rotatable bonds is 4. The van der Waals surface area contributed by atoms with Gasteiger partial charge in [0.1, 0.15) is 12.4 Å². The van der Waals surface area contributed by atoms with E-state index in [1.165, 1.54) is 0 Å². The fourth-order valence-corrected chi connectivity index (χ4v) is 2.31. The summed E-state index contributed by atoms with van der Waals surface area (Å²) < 4.78 is 5.83. The predicted molar refractivity (Wildman–Crippen MR) is 84.0 cm³/mol. The lowest BCUT2D eigenvalue weighted by Gasteiger charge is -2.08. The van der Waals surface area contributed by atoms with Gasteiger partial charge in [0.25, 0.3) is 0 Å². The first kappa shape index (κ1) is 13.2. The average Bonchev–Trinajstić information content (AvgIpc) is 2.54. The molecule has 0 fully saturated rings. The highest BCUT2D eigenvalue weighted by Gasteiger charge is 2.00. The van der Waals surface area contributed by atoms with Gasteiger partial charge in [-0.1, -0.05) is 54.6 Å². The van der Waals surface area contributed by atoms with Crippen molar-refractivity contribution in [3.8, 4) is 11.8 Å². The van der Waals surface area contributed by atoms with Crippen LogP contribution in [0.3, 0.4) is 0 Å². The van der Waals surface area contributed by atoms with E-state index in [0.29, 0.717) is 13.0 Å². The summed E-state index contributed by atoms with van der Waals surface area (Å²) in [5, 5.41) is 11.0. The smallest absolute Gasteiger partial charge is 0.120 e. The molecule has 2 nitrogen and oxygen atoms in total. The predicted octanol–water partition coefficient (Wildman–Crippen LogP) is 4.48. The second-order valence-corrected chi connectivity index (χ2v) is 4.95. The SMILES string of the molecule is N#CCc1ccc2cc(OCc3ccccc3)ccc2c1. The van der Waals surface area contributed by atoms with E-state index in [2.05, 4.69) is 24.3 Å². The summed E-state index contributed by atoms with van der Waals surface area (Å²) in [6, 6.07) is 24.4. The Balaban J connectivity index is 1.78. The highest BCUT2D eigenvalue weighted by Crippen LogP contribution is 2.23. The van der Waals surface area contributed by atoms with Crippen LogP contribution in [-0.2, 0) is 13.0 Å². The van der Waals surface area contributed by atoms with E-state index in [1.54, 1.807) is 0 Å². The molecule has 0 aliphatic carbocycles. The van der Waals surface area contributed by atoms with E-state index in [1.807, 2.05) is 48.5 Å².